The molecule has 0 aliphatic heterocycles. The van der Waals surface area contributed by atoms with Gasteiger partial charge >= 0.3 is 0 Å². The summed E-state index contributed by atoms with van der Waals surface area (Å²) in [6.45, 7) is 2.12. The average molecular weight is 209 g/mol. The van der Waals surface area contributed by atoms with Crippen molar-refractivity contribution in [3.05, 3.63) is 0 Å². The number of rotatable bonds is 5. The van der Waals surface area contributed by atoms with E-state index in [2.05, 4.69) is 6.92 Å². The van der Waals surface area contributed by atoms with Gasteiger partial charge in [-0.05, 0) is 12.8 Å². The Kier molecular flexibility index (Phi) is 3.42. The molecule has 1 fully saturated rings. The molecule has 1 saturated carbocycles. The van der Waals surface area contributed by atoms with E-state index in [1.807, 2.05) is 0 Å². The number of alkyl halides is 2. The maximum atomic E-state index is 11.3. The normalized spacial score (nSPS) is 25.4. The second kappa shape index (κ2) is 3.97. The van der Waals surface area contributed by atoms with Crippen molar-refractivity contribution >= 4 is 29.0 Å². The van der Waals surface area contributed by atoms with Crippen molar-refractivity contribution in [1.29, 1.82) is 0 Å². The standard InChI is InChI=1S/C9H14Cl2O/c1-2-3-4-5-8(12)7-6-9(7,10)11/h7H,2-6H2,1H3. The first-order chi connectivity index (χ1) is 5.58. The van der Waals surface area contributed by atoms with Crippen molar-refractivity contribution in [2.75, 3.05) is 0 Å². The maximum absolute atomic E-state index is 11.3. The van der Waals surface area contributed by atoms with Gasteiger partial charge in [-0.15, -0.1) is 23.2 Å². The molecule has 3 heteroatoms. The van der Waals surface area contributed by atoms with Crippen molar-refractivity contribution < 1.29 is 4.79 Å². The number of hydrogen-bond acceptors (Lipinski definition) is 1. The molecule has 1 aliphatic rings. The molecule has 12 heavy (non-hydrogen) atoms. The molecule has 1 atom stereocenters. The molecule has 70 valence electrons. The van der Waals surface area contributed by atoms with Crippen molar-refractivity contribution in [1.82, 2.24) is 0 Å². The Morgan fingerprint density at radius 2 is 2.08 bits per heavy atom. The van der Waals surface area contributed by atoms with Crippen molar-refractivity contribution in [2.24, 2.45) is 5.92 Å². The highest BCUT2D eigenvalue weighted by atomic mass is 35.5. The van der Waals surface area contributed by atoms with E-state index in [9.17, 15) is 4.79 Å². The van der Waals surface area contributed by atoms with E-state index in [0.29, 0.717) is 12.8 Å². The van der Waals surface area contributed by atoms with E-state index in [0.717, 1.165) is 19.3 Å². The highest BCUT2D eigenvalue weighted by Crippen LogP contribution is 2.54. The zero-order valence-corrected chi connectivity index (χ0v) is 8.79. The van der Waals surface area contributed by atoms with Crippen LogP contribution in [0.2, 0.25) is 0 Å². The largest absolute Gasteiger partial charge is 0.299 e. The minimum Gasteiger partial charge on any atom is -0.299 e. The van der Waals surface area contributed by atoms with Crippen molar-refractivity contribution in [2.45, 2.75) is 43.4 Å². The first-order valence-corrected chi connectivity index (χ1v) is 5.24. The molecule has 0 spiro atoms. The SMILES string of the molecule is CCCCCC(=O)C1CC1(Cl)Cl. The highest BCUT2D eigenvalue weighted by Gasteiger charge is 2.55. The van der Waals surface area contributed by atoms with Gasteiger partial charge in [0, 0.05) is 6.42 Å². The van der Waals surface area contributed by atoms with Gasteiger partial charge in [0.2, 0.25) is 0 Å². The molecule has 0 aromatic carbocycles. The number of carbonyl (C=O) groups excluding carboxylic acids is 1. The summed E-state index contributed by atoms with van der Waals surface area (Å²) in [5.41, 5.74) is 0. The number of ketones is 1. The molecular weight excluding hydrogens is 195 g/mol. The van der Waals surface area contributed by atoms with Crippen LogP contribution in [0, 0.1) is 5.92 Å². The Morgan fingerprint density at radius 3 is 2.50 bits per heavy atom. The van der Waals surface area contributed by atoms with E-state index in [1.54, 1.807) is 0 Å². The zero-order chi connectivity index (χ0) is 9.19. The summed E-state index contributed by atoms with van der Waals surface area (Å²) in [6, 6.07) is 0. The van der Waals surface area contributed by atoms with E-state index in [4.69, 9.17) is 23.2 Å². The Bertz CT molecular complexity index is 177. The summed E-state index contributed by atoms with van der Waals surface area (Å²) in [5.74, 6) is 0.172. The van der Waals surface area contributed by atoms with E-state index >= 15 is 0 Å². The number of carbonyl (C=O) groups is 1. The van der Waals surface area contributed by atoms with Crippen LogP contribution in [0.15, 0.2) is 0 Å². The molecule has 0 aromatic rings. The molecule has 0 aromatic heterocycles. The second-order valence-electron chi connectivity index (χ2n) is 3.44. The smallest absolute Gasteiger partial charge is 0.139 e. The lowest BCUT2D eigenvalue weighted by Gasteiger charge is -1.98. The number of hydrogen-bond donors (Lipinski definition) is 0. The molecule has 0 saturated heterocycles. The first-order valence-electron chi connectivity index (χ1n) is 4.48. The van der Waals surface area contributed by atoms with E-state index in [1.165, 1.54) is 0 Å². The fourth-order valence-corrected chi connectivity index (χ4v) is 1.84. The Labute approximate surface area is 83.4 Å². The van der Waals surface area contributed by atoms with E-state index < -0.39 is 4.33 Å². The van der Waals surface area contributed by atoms with Crippen LogP contribution < -0.4 is 0 Å². The maximum Gasteiger partial charge on any atom is 0.139 e. The number of Topliss-reactive ketones (excluding diaryl/α,β-unsaturated/α-hetero) is 1. The van der Waals surface area contributed by atoms with Crippen LogP contribution in [0.3, 0.4) is 0 Å². The Morgan fingerprint density at radius 1 is 1.50 bits per heavy atom. The summed E-state index contributed by atoms with van der Waals surface area (Å²) in [4.78, 5) is 11.3. The molecular formula is C9H14Cl2O. The minimum absolute atomic E-state index is 0.0716. The third kappa shape index (κ3) is 2.63. The predicted octanol–water partition coefficient (Wildman–Crippen LogP) is 3.33. The van der Waals surface area contributed by atoms with Crippen molar-refractivity contribution in [3.63, 3.8) is 0 Å². The highest BCUT2D eigenvalue weighted by molar-refractivity contribution is 6.52. The third-order valence-corrected chi connectivity index (χ3v) is 3.08. The lowest BCUT2D eigenvalue weighted by Crippen LogP contribution is -2.05. The summed E-state index contributed by atoms with van der Waals surface area (Å²) in [5, 5.41) is 0. The topological polar surface area (TPSA) is 17.1 Å². The van der Waals surface area contributed by atoms with Gasteiger partial charge in [-0.1, -0.05) is 19.8 Å². The summed E-state index contributed by atoms with van der Waals surface area (Å²) in [6.07, 6.45) is 4.55. The van der Waals surface area contributed by atoms with Crippen LogP contribution in [0.25, 0.3) is 0 Å². The molecule has 0 radical (unpaired) electrons. The summed E-state index contributed by atoms with van der Waals surface area (Å²) >= 11 is 11.5. The van der Waals surface area contributed by atoms with Crippen LogP contribution >= 0.6 is 23.2 Å². The van der Waals surface area contributed by atoms with Gasteiger partial charge in [0.05, 0.1) is 5.92 Å². The van der Waals surface area contributed by atoms with Crippen LogP contribution in [-0.2, 0) is 4.79 Å². The molecule has 1 unspecified atom stereocenters. The third-order valence-electron chi connectivity index (χ3n) is 2.24. The van der Waals surface area contributed by atoms with Gasteiger partial charge in [-0.3, -0.25) is 4.79 Å². The summed E-state index contributed by atoms with van der Waals surface area (Å²) in [7, 11) is 0. The van der Waals surface area contributed by atoms with Gasteiger partial charge in [0.15, 0.2) is 0 Å². The predicted molar refractivity (Wildman–Crippen MR) is 51.7 cm³/mol. The van der Waals surface area contributed by atoms with E-state index in [-0.39, 0.29) is 11.7 Å². The molecule has 0 bridgehead atoms. The van der Waals surface area contributed by atoms with Gasteiger partial charge < -0.3 is 0 Å². The molecule has 0 heterocycles. The molecule has 0 N–H and O–H groups in total. The lowest BCUT2D eigenvalue weighted by atomic mass is 10.1. The molecule has 0 amide bonds. The molecule has 1 rings (SSSR count). The Hall–Kier alpha value is 0.250. The van der Waals surface area contributed by atoms with Gasteiger partial charge in [0.25, 0.3) is 0 Å². The quantitative estimate of drug-likeness (QED) is 0.501. The van der Waals surface area contributed by atoms with Gasteiger partial charge in [-0.25, -0.2) is 0 Å². The van der Waals surface area contributed by atoms with Crippen LogP contribution in [0.4, 0.5) is 0 Å². The zero-order valence-electron chi connectivity index (χ0n) is 7.28. The average Bonchev–Trinajstić information content (AvgIpc) is 2.60. The van der Waals surface area contributed by atoms with Gasteiger partial charge in [-0.2, -0.15) is 0 Å². The monoisotopic (exact) mass is 208 g/mol. The van der Waals surface area contributed by atoms with Crippen molar-refractivity contribution in [3.8, 4) is 0 Å². The minimum atomic E-state index is -0.719. The van der Waals surface area contributed by atoms with Crippen LogP contribution in [-0.4, -0.2) is 10.1 Å². The van der Waals surface area contributed by atoms with Crippen LogP contribution in [0.5, 0.6) is 0 Å². The molecule has 1 nitrogen and oxygen atoms in total. The van der Waals surface area contributed by atoms with Gasteiger partial charge in [0.1, 0.15) is 10.1 Å². The summed E-state index contributed by atoms with van der Waals surface area (Å²) < 4.78 is -0.719. The molecule has 1 aliphatic carbocycles. The first kappa shape index (κ1) is 10.3. The number of unbranched alkanes of at least 4 members (excludes halogenated alkanes) is 2. The number of halogens is 2. The van der Waals surface area contributed by atoms with Crippen LogP contribution in [0.1, 0.15) is 39.0 Å². The Balaban J connectivity index is 2.14. The lowest BCUT2D eigenvalue weighted by molar-refractivity contribution is -0.120. The fourth-order valence-electron chi connectivity index (χ4n) is 1.29. The fraction of sp³-hybridized carbons (Fsp3) is 0.889. The second-order valence-corrected chi connectivity index (χ2v) is 4.98.